The molecule has 79 heavy (non-hydrogen) atoms. The number of fused-ring (bicyclic) bond motifs is 2. The average molecular weight is 1070 g/mol. The molecule has 4 aliphatic heterocycles. The number of para-hydroxylation sites is 2. The van der Waals surface area contributed by atoms with Gasteiger partial charge in [-0.15, -0.1) is 0 Å². The lowest BCUT2D eigenvalue weighted by molar-refractivity contribution is -0.121. The van der Waals surface area contributed by atoms with Crippen LogP contribution in [0.3, 0.4) is 0 Å². The summed E-state index contributed by atoms with van der Waals surface area (Å²) in [4.78, 5) is 77.1. The van der Waals surface area contributed by atoms with Crippen molar-refractivity contribution in [2.45, 2.75) is 49.7 Å². The molecule has 2 unspecified atom stereocenters. The van der Waals surface area contributed by atoms with Crippen LogP contribution in [0.15, 0.2) is 134 Å². The minimum Gasteiger partial charge on any atom is -0.489 e. The third-order valence-corrected chi connectivity index (χ3v) is 12.5. The van der Waals surface area contributed by atoms with E-state index in [2.05, 4.69) is 49.6 Å². The molecule has 20 heteroatoms. The van der Waals surface area contributed by atoms with E-state index in [0.29, 0.717) is 70.1 Å². The van der Waals surface area contributed by atoms with Crippen LogP contribution in [0, 0.1) is 23.7 Å². The van der Waals surface area contributed by atoms with Crippen LogP contribution in [0.4, 0.5) is 16.2 Å². The molecule has 6 aromatic rings. The highest BCUT2D eigenvalue weighted by Gasteiger charge is 2.44. The summed E-state index contributed by atoms with van der Waals surface area (Å²) in [6.45, 7) is 6.08. The summed E-state index contributed by atoms with van der Waals surface area (Å²) in [7, 11) is 3.19. The number of aliphatic hydroxyl groups is 2. The number of likely N-dealkylation sites (N-methyl/N-ethyl adjacent to an activating group) is 2. The molecule has 2 saturated heterocycles. The summed E-state index contributed by atoms with van der Waals surface area (Å²) in [6.07, 6.45) is 2.42. The van der Waals surface area contributed by atoms with Crippen LogP contribution < -0.4 is 44.7 Å². The number of likely N-dealkylation sites (tertiary alicyclic amines) is 1. The van der Waals surface area contributed by atoms with Gasteiger partial charge in [-0.1, -0.05) is 60.1 Å². The molecule has 5 N–H and O–H groups in total. The maximum Gasteiger partial charge on any atom is 0.410 e. The van der Waals surface area contributed by atoms with Gasteiger partial charge in [0.1, 0.15) is 82.4 Å². The molecule has 2 aromatic heterocycles. The van der Waals surface area contributed by atoms with Crippen molar-refractivity contribution in [3.63, 3.8) is 0 Å². The number of nitrogens with zero attached hydrogens (tertiary/aromatic N) is 5. The van der Waals surface area contributed by atoms with Gasteiger partial charge in [0.05, 0.1) is 24.5 Å². The van der Waals surface area contributed by atoms with E-state index in [1.807, 2.05) is 36.4 Å². The van der Waals surface area contributed by atoms with Gasteiger partial charge in [-0.2, -0.15) is 0 Å². The number of β-amino-alcohol motifs (C(OH)–C–C–N with tert-alkyl or cyclic N) is 2. The van der Waals surface area contributed by atoms with Gasteiger partial charge in [0.15, 0.2) is 5.60 Å². The Morgan fingerprint density at radius 1 is 0.633 bits per heavy atom. The van der Waals surface area contributed by atoms with Crippen LogP contribution in [0.5, 0.6) is 34.5 Å². The maximum atomic E-state index is 13.3. The second-order valence-corrected chi connectivity index (χ2v) is 19.9. The summed E-state index contributed by atoms with van der Waals surface area (Å²) in [5.41, 5.74) is -0.673. The first-order valence-electron chi connectivity index (χ1n) is 25.1. The van der Waals surface area contributed by atoms with E-state index >= 15 is 0 Å². The molecular weight excluding hydrogens is 1010 g/mol. The van der Waals surface area contributed by atoms with Gasteiger partial charge in [0.25, 0.3) is 23.6 Å². The van der Waals surface area contributed by atoms with Crippen molar-refractivity contribution in [2.24, 2.45) is 0 Å². The molecule has 0 aliphatic carbocycles. The number of aromatic nitrogens is 2. The first-order valence-corrected chi connectivity index (χ1v) is 25.1. The lowest BCUT2D eigenvalue weighted by Gasteiger charge is -2.43. The topological polar surface area (TPSA) is 244 Å². The molecular formula is C59H56N8O12. The van der Waals surface area contributed by atoms with Gasteiger partial charge in [-0.25, -0.2) is 4.79 Å². The highest BCUT2D eigenvalue weighted by atomic mass is 16.6. The molecule has 0 saturated carbocycles. The van der Waals surface area contributed by atoms with Crippen LogP contribution in [-0.2, 0) is 14.3 Å². The molecule has 0 spiro atoms. The van der Waals surface area contributed by atoms with E-state index in [0.717, 1.165) is 0 Å². The van der Waals surface area contributed by atoms with Crippen LogP contribution in [-0.4, -0.2) is 137 Å². The summed E-state index contributed by atoms with van der Waals surface area (Å²) in [5, 5.41) is 29.3. The zero-order valence-electron chi connectivity index (χ0n) is 43.8. The highest BCUT2D eigenvalue weighted by molar-refractivity contribution is 6.04. The zero-order chi connectivity index (χ0) is 55.9. The minimum atomic E-state index is -1.37. The average Bonchev–Trinajstić information content (AvgIpc) is 3.62. The first-order chi connectivity index (χ1) is 37.8. The number of nitrogens with one attached hydrogen (secondary N) is 3. The van der Waals surface area contributed by atoms with Gasteiger partial charge in [-0.3, -0.25) is 29.1 Å². The summed E-state index contributed by atoms with van der Waals surface area (Å²) < 4.78 is 28.6. The normalized spacial score (nSPS) is 17.5. The van der Waals surface area contributed by atoms with Crippen molar-refractivity contribution in [3.8, 4) is 58.2 Å². The van der Waals surface area contributed by atoms with Gasteiger partial charge >= 0.3 is 6.09 Å². The van der Waals surface area contributed by atoms with Crippen LogP contribution in [0.25, 0.3) is 0 Å². The molecule has 404 valence electrons. The summed E-state index contributed by atoms with van der Waals surface area (Å²) in [5.74, 6) is 12.8. The predicted octanol–water partition coefficient (Wildman–Crippen LogP) is 5.07. The number of carbonyl (C=O) groups is 5. The van der Waals surface area contributed by atoms with Crippen LogP contribution in [0.2, 0.25) is 0 Å². The number of ether oxygens (including phenoxy) is 5. The lowest BCUT2D eigenvalue weighted by atomic mass is 9.95. The molecule has 5 amide bonds. The van der Waals surface area contributed by atoms with E-state index < -0.39 is 46.8 Å². The van der Waals surface area contributed by atoms with Gasteiger partial charge in [0.2, 0.25) is 0 Å². The molecule has 2 fully saturated rings. The molecule has 10 rings (SSSR count). The monoisotopic (exact) mass is 1070 g/mol. The largest absolute Gasteiger partial charge is 0.489 e. The molecule has 2 atom stereocenters. The number of amides is 5. The molecule has 0 radical (unpaired) electrons. The smallest absolute Gasteiger partial charge is 0.410 e. The van der Waals surface area contributed by atoms with Crippen LogP contribution >= 0.6 is 0 Å². The molecule has 20 nitrogen and oxygen atoms in total. The second-order valence-electron chi connectivity index (χ2n) is 19.9. The van der Waals surface area contributed by atoms with Gasteiger partial charge in [0, 0.05) is 62.8 Å². The molecule has 4 aromatic carbocycles. The van der Waals surface area contributed by atoms with E-state index in [1.165, 1.54) is 39.2 Å². The molecule has 4 aliphatic rings. The SMILES string of the molecule is CN1C(=O)C(NC(=O)c2cc(Oc3ccccc3)ccn2)COc2ccc(C#CC3(O)CN(C(=O)OC(C)(C)C)C3)cc21.CN1C(=O)C(NC(=O)c2cc(Oc3ccccc3)ccn2)COc2ccc(C#CC3(O)CNC3)cc21. The Labute approximate surface area is 455 Å². The highest BCUT2D eigenvalue weighted by Crippen LogP contribution is 2.34. The van der Waals surface area contributed by atoms with Crippen molar-refractivity contribution in [1.82, 2.24) is 30.8 Å². The predicted molar refractivity (Wildman–Crippen MR) is 289 cm³/mol. The number of anilines is 2. The molecule has 6 heterocycles. The Morgan fingerprint density at radius 3 is 1.49 bits per heavy atom. The Kier molecular flexibility index (Phi) is 15.8. The number of hydrogen-bond acceptors (Lipinski definition) is 15. The fourth-order valence-electron chi connectivity index (χ4n) is 8.22. The Morgan fingerprint density at radius 2 is 1.08 bits per heavy atom. The quantitative estimate of drug-likeness (QED) is 0.125. The van der Waals surface area contributed by atoms with E-state index in [4.69, 9.17) is 23.7 Å². The van der Waals surface area contributed by atoms with Crippen molar-refractivity contribution in [3.05, 3.63) is 156 Å². The third kappa shape index (κ3) is 13.6. The van der Waals surface area contributed by atoms with E-state index in [1.54, 1.807) is 108 Å². The zero-order valence-corrected chi connectivity index (χ0v) is 43.8. The van der Waals surface area contributed by atoms with E-state index in [9.17, 15) is 34.2 Å². The van der Waals surface area contributed by atoms with Crippen molar-refractivity contribution in [1.29, 1.82) is 0 Å². The Hall–Kier alpha value is -9.47. The van der Waals surface area contributed by atoms with Gasteiger partial charge < -0.3 is 64.5 Å². The number of carbonyl (C=O) groups excluding carboxylic acids is 5. The number of pyridine rings is 2. The maximum absolute atomic E-state index is 13.3. The van der Waals surface area contributed by atoms with Crippen LogP contribution in [0.1, 0.15) is 52.9 Å². The number of benzene rings is 4. The van der Waals surface area contributed by atoms with Crippen molar-refractivity contribution < 1.29 is 57.9 Å². The van der Waals surface area contributed by atoms with Crippen molar-refractivity contribution in [2.75, 3.05) is 63.3 Å². The standard InChI is InChI=1S/C32H32N4O7.C27H24N4O5/c1-31(2,3)43-30(39)36-19-32(40,20-36)14-12-21-10-11-27-26(16-21)35(4)29(38)25(18-41-27)34-28(37)24-17-23(13-15-33-24)42-22-8-6-5-7-9-22;1-31-23-13-18(9-11-27(34)16-28-17-27)7-8-24(23)35-15-22(26(31)33)30-25(32)21-14-20(10-12-29-21)36-19-5-3-2-4-6-19/h5-11,13,15-17,25,40H,18-20H2,1-4H3,(H,34,37);2-8,10,12-14,22,28,34H,15-17H2,1H3,(H,30,32). The number of hydrogen-bond donors (Lipinski definition) is 5. The fourth-order valence-corrected chi connectivity index (χ4v) is 8.22. The fraction of sp³-hybridized carbons (Fsp3) is 0.271. The summed E-state index contributed by atoms with van der Waals surface area (Å²) >= 11 is 0. The summed E-state index contributed by atoms with van der Waals surface area (Å²) in [6, 6.07) is 33.0. The first kappa shape index (κ1) is 54.3. The molecule has 0 bridgehead atoms. The van der Waals surface area contributed by atoms with E-state index in [-0.39, 0.29) is 49.5 Å². The minimum absolute atomic E-state index is 0.0267. The Balaban J connectivity index is 0.000000195. The third-order valence-electron chi connectivity index (χ3n) is 12.5. The van der Waals surface area contributed by atoms with Crippen molar-refractivity contribution >= 4 is 41.1 Å². The van der Waals surface area contributed by atoms with Gasteiger partial charge in [-0.05, 0) is 93.6 Å². The second kappa shape index (κ2) is 23.0. The lowest BCUT2D eigenvalue weighted by Crippen LogP contribution is -2.63. The Bertz CT molecular complexity index is 3410. The number of rotatable bonds is 8.